The molecule has 1 fully saturated rings. The number of carbonyl (C=O) groups is 1. The van der Waals surface area contributed by atoms with Crippen molar-refractivity contribution in [3.8, 4) is 5.75 Å². The van der Waals surface area contributed by atoms with Gasteiger partial charge in [-0.25, -0.2) is 0 Å². The lowest BCUT2D eigenvalue weighted by Gasteiger charge is -2.27. The summed E-state index contributed by atoms with van der Waals surface area (Å²) in [4.78, 5) is 14.7. The maximum atomic E-state index is 12.3. The van der Waals surface area contributed by atoms with Gasteiger partial charge in [0.2, 0.25) is 5.91 Å². The highest BCUT2D eigenvalue weighted by Crippen LogP contribution is 2.25. The van der Waals surface area contributed by atoms with Gasteiger partial charge < -0.3 is 19.8 Å². The largest absolute Gasteiger partial charge is 0.497 e. The minimum atomic E-state index is -0.00381. The van der Waals surface area contributed by atoms with Gasteiger partial charge >= 0.3 is 0 Å². The molecule has 1 aliphatic rings. The quantitative estimate of drug-likeness (QED) is 0.707. The van der Waals surface area contributed by atoms with E-state index >= 15 is 0 Å². The summed E-state index contributed by atoms with van der Waals surface area (Å²) in [6.07, 6.45) is 4.61. The van der Waals surface area contributed by atoms with Crippen molar-refractivity contribution in [2.75, 3.05) is 32.1 Å². The zero-order valence-electron chi connectivity index (χ0n) is 16.1. The molecule has 1 aliphatic heterocycles. The summed E-state index contributed by atoms with van der Waals surface area (Å²) in [5.41, 5.74) is 0.776. The first-order valence-electron chi connectivity index (χ1n) is 9.60. The SMILES string of the molecule is COc1ccc(NC(=O)C[C@@H](C)NC[C@H](c2ccco2)N2CCCC2)cc1. The number of rotatable bonds is 9. The van der Waals surface area contributed by atoms with E-state index in [9.17, 15) is 4.79 Å². The molecular formula is C21H29N3O3. The molecule has 0 saturated carbocycles. The average molecular weight is 371 g/mol. The number of methoxy groups -OCH3 is 1. The molecule has 1 saturated heterocycles. The van der Waals surface area contributed by atoms with Crippen LogP contribution in [0.25, 0.3) is 0 Å². The molecule has 1 aromatic carbocycles. The number of likely N-dealkylation sites (tertiary alicyclic amines) is 1. The lowest BCUT2D eigenvalue weighted by molar-refractivity contribution is -0.116. The molecule has 2 aromatic rings. The van der Waals surface area contributed by atoms with Crippen LogP contribution < -0.4 is 15.4 Å². The molecule has 0 bridgehead atoms. The molecule has 0 radical (unpaired) electrons. The first-order chi connectivity index (χ1) is 13.2. The first-order valence-corrected chi connectivity index (χ1v) is 9.60. The summed E-state index contributed by atoms with van der Waals surface area (Å²) < 4.78 is 10.8. The molecule has 2 atom stereocenters. The second kappa shape index (κ2) is 9.58. The minimum absolute atomic E-state index is 0.00381. The molecule has 27 heavy (non-hydrogen) atoms. The van der Waals surface area contributed by atoms with E-state index in [1.165, 1.54) is 12.8 Å². The Hall–Kier alpha value is -2.31. The van der Waals surface area contributed by atoms with Crippen molar-refractivity contribution in [3.05, 3.63) is 48.4 Å². The summed E-state index contributed by atoms with van der Waals surface area (Å²) >= 11 is 0. The zero-order valence-corrected chi connectivity index (χ0v) is 16.1. The third kappa shape index (κ3) is 5.58. The Morgan fingerprint density at radius 1 is 1.22 bits per heavy atom. The van der Waals surface area contributed by atoms with Gasteiger partial charge in [0.05, 0.1) is 19.4 Å². The molecule has 2 heterocycles. The fourth-order valence-electron chi connectivity index (χ4n) is 3.49. The predicted molar refractivity (Wildman–Crippen MR) is 106 cm³/mol. The summed E-state index contributed by atoms with van der Waals surface area (Å²) in [7, 11) is 1.62. The van der Waals surface area contributed by atoms with Gasteiger partial charge in [-0.05, 0) is 69.3 Å². The van der Waals surface area contributed by atoms with Crippen LogP contribution in [0.5, 0.6) is 5.75 Å². The number of carbonyl (C=O) groups excluding carboxylic acids is 1. The first kappa shape index (κ1) is 19.5. The monoisotopic (exact) mass is 371 g/mol. The maximum absolute atomic E-state index is 12.3. The second-order valence-corrected chi connectivity index (χ2v) is 7.06. The summed E-state index contributed by atoms with van der Waals surface area (Å²) in [6, 6.07) is 11.6. The lowest BCUT2D eigenvalue weighted by atomic mass is 10.1. The van der Waals surface area contributed by atoms with Crippen molar-refractivity contribution in [1.29, 1.82) is 0 Å². The van der Waals surface area contributed by atoms with Crippen molar-refractivity contribution in [3.63, 3.8) is 0 Å². The van der Waals surface area contributed by atoms with Crippen molar-refractivity contribution < 1.29 is 13.9 Å². The molecule has 6 nitrogen and oxygen atoms in total. The Morgan fingerprint density at radius 2 is 1.96 bits per heavy atom. The molecule has 2 N–H and O–H groups in total. The number of hydrogen-bond donors (Lipinski definition) is 2. The third-order valence-electron chi connectivity index (χ3n) is 4.98. The Labute approximate surface area is 160 Å². The lowest BCUT2D eigenvalue weighted by Crippen LogP contribution is -2.39. The van der Waals surface area contributed by atoms with E-state index in [1.54, 1.807) is 13.4 Å². The minimum Gasteiger partial charge on any atom is -0.497 e. The van der Waals surface area contributed by atoms with Crippen LogP contribution in [0.4, 0.5) is 5.69 Å². The van der Waals surface area contributed by atoms with E-state index < -0.39 is 0 Å². The molecule has 6 heteroatoms. The molecule has 0 unspecified atom stereocenters. The van der Waals surface area contributed by atoms with Crippen LogP contribution in [-0.4, -0.2) is 43.6 Å². The summed E-state index contributed by atoms with van der Waals surface area (Å²) in [6.45, 7) is 5.00. The Bertz CT molecular complexity index is 694. The fourth-order valence-corrected chi connectivity index (χ4v) is 3.49. The van der Waals surface area contributed by atoms with Crippen LogP contribution in [0.15, 0.2) is 47.1 Å². The van der Waals surface area contributed by atoms with Crippen molar-refractivity contribution >= 4 is 11.6 Å². The van der Waals surface area contributed by atoms with Crippen molar-refractivity contribution in [1.82, 2.24) is 10.2 Å². The third-order valence-corrected chi connectivity index (χ3v) is 4.98. The number of nitrogens with zero attached hydrogens (tertiary/aromatic N) is 1. The average Bonchev–Trinajstić information content (AvgIpc) is 3.37. The van der Waals surface area contributed by atoms with Crippen LogP contribution in [0.2, 0.25) is 0 Å². The Kier molecular flexibility index (Phi) is 6.90. The normalized spacial score (nSPS) is 16.8. The Morgan fingerprint density at radius 3 is 2.59 bits per heavy atom. The van der Waals surface area contributed by atoms with Gasteiger partial charge in [-0.1, -0.05) is 0 Å². The number of amides is 1. The van der Waals surface area contributed by atoms with Crippen LogP contribution in [-0.2, 0) is 4.79 Å². The smallest absolute Gasteiger partial charge is 0.225 e. The molecule has 1 amide bonds. The molecule has 0 aliphatic carbocycles. The van der Waals surface area contributed by atoms with E-state index in [-0.39, 0.29) is 18.0 Å². The fraction of sp³-hybridized carbons (Fsp3) is 0.476. The molecular weight excluding hydrogens is 342 g/mol. The highest BCUT2D eigenvalue weighted by Gasteiger charge is 2.25. The molecule has 0 spiro atoms. The topological polar surface area (TPSA) is 66.7 Å². The molecule has 1 aromatic heterocycles. The van der Waals surface area contributed by atoms with Gasteiger partial charge in [0.15, 0.2) is 0 Å². The van der Waals surface area contributed by atoms with Gasteiger partial charge in [-0.2, -0.15) is 0 Å². The highest BCUT2D eigenvalue weighted by molar-refractivity contribution is 5.91. The van der Waals surface area contributed by atoms with Gasteiger partial charge in [0, 0.05) is 24.7 Å². The molecule has 146 valence electrons. The summed E-state index contributed by atoms with van der Waals surface area (Å²) in [5, 5.41) is 6.43. The van der Waals surface area contributed by atoms with Crippen LogP contribution >= 0.6 is 0 Å². The second-order valence-electron chi connectivity index (χ2n) is 7.06. The maximum Gasteiger partial charge on any atom is 0.225 e. The number of anilines is 1. The van der Waals surface area contributed by atoms with Gasteiger partial charge in [-0.15, -0.1) is 0 Å². The van der Waals surface area contributed by atoms with Crippen LogP contribution in [0.3, 0.4) is 0 Å². The van der Waals surface area contributed by atoms with E-state index in [0.717, 1.165) is 36.8 Å². The van der Waals surface area contributed by atoms with E-state index in [2.05, 4.69) is 15.5 Å². The number of hydrogen-bond acceptors (Lipinski definition) is 5. The van der Waals surface area contributed by atoms with Crippen LogP contribution in [0, 0.1) is 0 Å². The highest BCUT2D eigenvalue weighted by atomic mass is 16.5. The number of furan rings is 1. The number of ether oxygens (including phenoxy) is 1. The zero-order chi connectivity index (χ0) is 19.1. The number of benzene rings is 1. The van der Waals surface area contributed by atoms with Crippen molar-refractivity contribution in [2.45, 2.75) is 38.3 Å². The van der Waals surface area contributed by atoms with Gasteiger partial charge in [0.1, 0.15) is 11.5 Å². The Balaban J connectivity index is 1.48. The van der Waals surface area contributed by atoms with E-state index in [4.69, 9.17) is 9.15 Å². The van der Waals surface area contributed by atoms with E-state index in [0.29, 0.717) is 6.42 Å². The predicted octanol–water partition coefficient (Wildman–Crippen LogP) is 3.43. The number of nitrogens with one attached hydrogen (secondary N) is 2. The van der Waals surface area contributed by atoms with Crippen molar-refractivity contribution in [2.24, 2.45) is 0 Å². The summed E-state index contributed by atoms with van der Waals surface area (Å²) in [5.74, 6) is 1.75. The van der Waals surface area contributed by atoms with Crippen LogP contribution in [0.1, 0.15) is 38.0 Å². The van der Waals surface area contributed by atoms with Gasteiger partial charge in [0.25, 0.3) is 0 Å². The van der Waals surface area contributed by atoms with Gasteiger partial charge in [-0.3, -0.25) is 9.69 Å². The standard InChI is InChI=1S/C21H29N3O3/c1-16(14-21(25)23-17-7-9-18(26-2)10-8-17)22-15-19(20-6-5-13-27-20)24-11-3-4-12-24/h5-10,13,16,19,22H,3-4,11-12,14-15H2,1-2H3,(H,23,25)/t16-,19-/m1/s1. The molecule has 3 rings (SSSR count). The van der Waals surface area contributed by atoms with E-state index in [1.807, 2.05) is 43.3 Å².